The molecule has 1 fully saturated rings. The summed E-state index contributed by atoms with van der Waals surface area (Å²) in [7, 11) is 0. The monoisotopic (exact) mass is 288 g/mol. The van der Waals surface area contributed by atoms with E-state index < -0.39 is 0 Å². The van der Waals surface area contributed by atoms with Crippen molar-refractivity contribution >= 4 is 0 Å². The highest BCUT2D eigenvalue weighted by Crippen LogP contribution is 2.00. The van der Waals surface area contributed by atoms with Gasteiger partial charge in [0, 0.05) is 11.6 Å². The van der Waals surface area contributed by atoms with Gasteiger partial charge < -0.3 is 9.80 Å². The van der Waals surface area contributed by atoms with Crippen molar-refractivity contribution in [3.63, 3.8) is 0 Å². The molecule has 0 atom stereocenters. The summed E-state index contributed by atoms with van der Waals surface area (Å²) >= 11 is 0. The van der Waals surface area contributed by atoms with Crippen LogP contribution in [-0.4, -0.2) is 26.2 Å². The van der Waals surface area contributed by atoms with E-state index in [0.717, 1.165) is 13.1 Å². The number of hydrogen-bond acceptors (Lipinski definition) is 0. The van der Waals surface area contributed by atoms with E-state index in [1.807, 2.05) is 18.3 Å². The zero-order chi connectivity index (χ0) is 14.5. The van der Waals surface area contributed by atoms with E-state index in [1.165, 1.54) is 37.3 Å². The fraction of sp³-hybridized carbons (Fsp3) is 0.353. The van der Waals surface area contributed by atoms with Gasteiger partial charge in [-0.15, -0.1) is 0 Å². The molecule has 0 spiro atoms. The Morgan fingerprint density at radius 2 is 1.48 bits per heavy atom. The van der Waals surface area contributed by atoms with Gasteiger partial charge in [-0.3, -0.25) is 0 Å². The highest BCUT2D eigenvalue weighted by Gasteiger charge is 2.23. The van der Waals surface area contributed by atoms with Crippen LogP contribution in [0.15, 0.2) is 48.8 Å². The first kappa shape index (κ1) is 14.2. The second kappa shape index (κ2) is 6.78. The van der Waals surface area contributed by atoms with Gasteiger partial charge in [-0.25, -0.2) is 9.37 Å². The van der Waals surface area contributed by atoms with Gasteiger partial charge in [0.15, 0.2) is 12.4 Å². The molecule has 110 valence electrons. The molecule has 3 nitrogen and oxygen atoms in total. The third-order valence-corrected chi connectivity index (χ3v) is 4.26. The summed E-state index contributed by atoms with van der Waals surface area (Å²) in [5.41, 5.74) is 2.60. The van der Waals surface area contributed by atoms with Crippen molar-refractivity contribution in [3.8, 4) is 0 Å². The molecular weight excluding hydrogens is 265 g/mol. The maximum atomic E-state index is 12.9. The third kappa shape index (κ3) is 4.09. The molecule has 0 amide bonds. The fourth-order valence-electron chi connectivity index (χ4n) is 3.03. The lowest BCUT2D eigenvalue weighted by atomic mass is 10.2. The van der Waals surface area contributed by atoms with E-state index in [9.17, 15) is 4.39 Å². The van der Waals surface area contributed by atoms with Gasteiger partial charge in [-0.2, -0.15) is 0 Å². The number of aromatic nitrogens is 1. The minimum Gasteiger partial charge on any atom is -0.322 e. The second-order valence-electron chi connectivity index (χ2n) is 5.89. The molecule has 1 aliphatic rings. The van der Waals surface area contributed by atoms with Crippen molar-refractivity contribution < 1.29 is 19.2 Å². The normalized spacial score (nSPS) is 22.1. The lowest BCUT2D eigenvalue weighted by Gasteiger charge is -2.29. The Kier molecular flexibility index (Phi) is 4.58. The molecule has 4 heteroatoms. The largest absolute Gasteiger partial charge is 0.322 e. The molecule has 0 unspecified atom stereocenters. The molecule has 1 aromatic heterocycles. The number of halogens is 1. The molecule has 21 heavy (non-hydrogen) atoms. The number of nitrogens with one attached hydrogen (secondary N) is 3. The van der Waals surface area contributed by atoms with Crippen LogP contribution in [0.1, 0.15) is 11.1 Å². The van der Waals surface area contributed by atoms with Crippen LogP contribution in [0.3, 0.4) is 0 Å². The van der Waals surface area contributed by atoms with Crippen molar-refractivity contribution in [1.29, 1.82) is 0 Å². The minimum atomic E-state index is -0.150. The van der Waals surface area contributed by atoms with Crippen LogP contribution in [0, 0.1) is 5.82 Å². The number of aromatic amines is 1. The number of H-pyrrole nitrogens is 1. The Labute approximate surface area is 125 Å². The van der Waals surface area contributed by atoms with Gasteiger partial charge in [0.1, 0.15) is 45.1 Å². The van der Waals surface area contributed by atoms with E-state index in [-0.39, 0.29) is 5.82 Å². The summed E-state index contributed by atoms with van der Waals surface area (Å²) < 4.78 is 12.9. The van der Waals surface area contributed by atoms with Gasteiger partial charge in [-0.1, -0.05) is 12.1 Å². The first-order valence-corrected chi connectivity index (χ1v) is 7.66. The number of hydrogen-bond donors (Lipinski definition) is 2. The summed E-state index contributed by atoms with van der Waals surface area (Å²) in [4.78, 5) is 6.40. The van der Waals surface area contributed by atoms with E-state index in [0.29, 0.717) is 0 Å². The zero-order valence-corrected chi connectivity index (χ0v) is 12.2. The molecule has 1 aromatic carbocycles. The molecule has 2 heterocycles. The van der Waals surface area contributed by atoms with Gasteiger partial charge in [0.25, 0.3) is 0 Å². The van der Waals surface area contributed by atoms with Gasteiger partial charge >= 0.3 is 0 Å². The summed E-state index contributed by atoms with van der Waals surface area (Å²) in [5.74, 6) is -0.150. The van der Waals surface area contributed by atoms with E-state index >= 15 is 0 Å². The number of quaternary nitrogens is 2. The molecule has 0 radical (unpaired) electrons. The maximum Gasteiger partial charge on any atom is 0.175 e. The van der Waals surface area contributed by atoms with E-state index in [1.54, 1.807) is 21.9 Å². The molecule has 0 saturated carbocycles. The fourth-order valence-corrected chi connectivity index (χ4v) is 3.03. The standard InChI is InChI=1S/C17H20FN3/c18-17-5-3-15(4-6-17)13-20-8-10-21(11-9-20)14-16-2-1-7-19-12-16/h1-7,12H,8-11,13-14H2/p+3. The van der Waals surface area contributed by atoms with Crippen LogP contribution in [-0.2, 0) is 13.1 Å². The van der Waals surface area contributed by atoms with E-state index in [4.69, 9.17) is 0 Å². The molecule has 0 bridgehead atoms. The second-order valence-corrected chi connectivity index (χ2v) is 5.89. The Bertz CT molecular complexity index is 548. The Morgan fingerprint density at radius 3 is 2.05 bits per heavy atom. The summed E-state index contributed by atoms with van der Waals surface area (Å²) in [6.07, 6.45) is 4.04. The van der Waals surface area contributed by atoms with Crippen LogP contribution < -0.4 is 14.8 Å². The Morgan fingerprint density at radius 1 is 0.857 bits per heavy atom. The SMILES string of the molecule is Fc1ccc(C[NH+]2CC[NH+](Cc3ccc[nH+]c3)CC2)cc1. The average Bonchev–Trinajstić information content (AvgIpc) is 2.53. The average molecular weight is 288 g/mol. The molecule has 3 N–H and O–H groups in total. The van der Waals surface area contributed by atoms with Gasteiger partial charge in [0.05, 0.1) is 5.56 Å². The number of piperazine rings is 1. The first-order chi connectivity index (χ1) is 10.3. The van der Waals surface area contributed by atoms with Crippen molar-refractivity contribution in [2.24, 2.45) is 0 Å². The predicted octanol–water partition coefficient (Wildman–Crippen LogP) is -0.877. The quantitative estimate of drug-likeness (QED) is 0.730. The zero-order valence-electron chi connectivity index (χ0n) is 12.2. The van der Waals surface area contributed by atoms with Crippen molar-refractivity contribution in [3.05, 3.63) is 65.7 Å². The molecule has 3 rings (SSSR count). The summed E-state index contributed by atoms with van der Waals surface area (Å²) in [6, 6.07) is 11.2. The Balaban J connectivity index is 1.47. The minimum absolute atomic E-state index is 0.150. The molecule has 1 saturated heterocycles. The number of pyridine rings is 1. The van der Waals surface area contributed by atoms with Crippen LogP contribution in [0.5, 0.6) is 0 Å². The summed E-state index contributed by atoms with van der Waals surface area (Å²) in [5, 5.41) is 0. The predicted molar refractivity (Wildman–Crippen MR) is 78.2 cm³/mol. The number of benzene rings is 1. The van der Waals surface area contributed by atoms with E-state index in [2.05, 4.69) is 23.3 Å². The van der Waals surface area contributed by atoms with Crippen LogP contribution in [0.4, 0.5) is 4.39 Å². The smallest absolute Gasteiger partial charge is 0.175 e. The lowest BCUT2D eigenvalue weighted by molar-refractivity contribution is -1.02. The lowest BCUT2D eigenvalue weighted by Crippen LogP contribution is -3.27. The molecular formula is C17H23FN3+3. The van der Waals surface area contributed by atoms with Gasteiger partial charge in [-0.05, 0) is 18.2 Å². The van der Waals surface area contributed by atoms with Crippen LogP contribution in [0.2, 0.25) is 0 Å². The number of rotatable bonds is 4. The molecule has 1 aliphatic heterocycles. The highest BCUT2D eigenvalue weighted by atomic mass is 19.1. The molecule has 2 aromatic rings. The summed E-state index contributed by atoms with van der Waals surface area (Å²) in [6.45, 7) is 6.87. The van der Waals surface area contributed by atoms with Crippen molar-refractivity contribution in [2.75, 3.05) is 26.2 Å². The van der Waals surface area contributed by atoms with Crippen LogP contribution >= 0.6 is 0 Å². The third-order valence-electron chi connectivity index (χ3n) is 4.26. The molecule has 0 aliphatic carbocycles. The van der Waals surface area contributed by atoms with Crippen molar-refractivity contribution in [2.45, 2.75) is 13.1 Å². The highest BCUT2D eigenvalue weighted by molar-refractivity contribution is 5.14. The maximum absolute atomic E-state index is 12.9. The van der Waals surface area contributed by atoms with Gasteiger partial charge in [0.2, 0.25) is 0 Å². The Hall–Kier alpha value is -1.78. The van der Waals surface area contributed by atoms with Crippen molar-refractivity contribution in [1.82, 2.24) is 0 Å². The first-order valence-electron chi connectivity index (χ1n) is 7.66. The topological polar surface area (TPSA) is 23.0 Å². The van der Waals surface area contributed by atoms with Crippen LogP contribution in [0.25, 0.3) is 0 Å².